The van der Waals surface area contributed by atoms with E-state index in [0.29, 0.717) is 6.61 Å². The Morgan fingerprint density at radius 3 is 3.11 bits per heavy atom. The van der Waals surface area contributed by atoms with E-state index in [1.807, 2.05) is 11.4 Å². The molecule has 4 nitrogen and oxygen atoms in total. The van der Waals surface area contributed by atoms with Crippen LogP contribution in [-0.4, -0.2) is 29.7 Å². The lowest BCUT2D eigenvalue weighted by Crippen LogP contribution is -2.11. The van der Waals surface area contributed by atoms with Gasteiger partial charge in [-0.1, -0.05) is 13.3 Å². The van der Waals surface area contributed by atoms with E-state index in [1.165, 1.54) is 0 Å². The highest BCUT2D eigenvalue weighted by molar-refractivity contribution is 7.16. The van der Waals surface area contributed by atoms with E-state index in [9.17, 15) is 0 Å². The summed E-state index contributed by atoms with van der Waals surface area (Å²) in [6.45, 7) is 4.36. The highest BCUT2D eigenvalue weighted by atomic mass is 35.5. The maximum absolute atomic E-state index is 5.88. The second kappa shape index (κ2) is 6.87. The fraction of sp³-hybridized carbons (Fsp3) is 0.500. The second-order valence-corrected chi connectivity index (χ2v) is 5.11. The molecule has 0 bridgehead atoms. The monoisotopic (exact) mass is 285 g/mol. The molecule has 0 aliphatic heterocycles. The number of unbranched alkanes of at least 4 members (excludes halogenated alkanes) is 1. The van der Waals surface area contributed by atoms with Gasteiger partial charge in [-0.25, -0.2) is 9.97 Å². The number of aromatic nitrogens is 2. The number of nitrogens with one attached hydrogen (secondary N) is 1. The van der Waals surface area contributed by atoms with Gasteiger partial charge in [0.15, 0.2) is 0 Å². The normalized spacial score (nSPS) is 11.0. The van der Waals surface area contributed by atoms with Crippen molar-refractivity contribution < 1.29 is 4.74 Å². The third kappa shape index (κ3) is 3.54. The van der Waals surface area contributed by atoms with Gasteiger partial charge < -0.3 is 10.1 Å². The Hall–Kier alpha value is -0.910. The summed E-state index contributed by atoms with van der Waals surface area (Å²) in [7, 11) is 0. The van der Waals surface area contributed by atoms with Crippen LogP contribution in [0.4, 0.5) is 5.82 Å². The Morgan fingerprint density at radius 1 is 1.39 bits per heavy atom. The third-order valence-electron chi connectivity index (χ3n) is 2.48. The van der Waals surface area contributed by atoms with Crippen molar-refractivity contribution in [3.05, 3.63) is 16.7 Å². The molecule has 0 unspecified atom stereocenters. The minimum Gasteiger partial charge on any atom is -0.380 e. The molecule has 0 radical (unpaired) electrons. The van der Waals surface area contributed by atoms with Crippen molar-refractivity contribution >= 4 is 39.0 Å². The summed E-state index contributed by atoms with van der Waals surface area (Å²) in [5, 5.41) is 6.51. The Bertz CT molecular complexity index is 503. The van der Waals surface area contributed by atoms with Gasteiger partial charge in [0.1, 0.15) is 10.6 Å². The first kappa shape index (κ1) is 13.5. The summed E-state index contributed by atoms with van der Waals surface area (Å²) < 4.78 is 5.48. The molecule has 0 fully saturated rings. The standard InChI is InChI=1S/C12H16ClN3OS/c1-2-3-6-17-7-5-14-10-9-4-8-18-11(9)16-12(13)15-10/h4,8H,2-3,5-7H2,1H3,(H,14,15,16). The Kier molecular flexibility index (Phi) is 5.16. The highest BCUT2D eigenvalue weighted by Crippen LogP contribution is 2.26. The molecular weight excluding hydrogens is 270 g/mol. The van der Waals surface area contributed by atoms with Gasteiger partial charge in [0.05, 0.1) is 12.0 Å². The van der Waals surface area contributed by atoms with Gasteiger partial charge in [0.25, 0.3) is 0 Å². The van der Waals surface area contributed by atoms with Gasteiger partial charge in [-0.15, -0.1) is 11.3 Å². The van der Waals surface area contributed by atoms with Crippen molar-refractivity contribution in [2.45, 2.75) is 19.8 Å². The first-order chi connectivity index (χ1) is 8.81. The lowest BCUT2D eigenvalue weighted by Gasteiger charge is -2.07. The van der Waals surface area contributed by atoms with Gasteiger partial charge in [-0.3, -0.25) is 0 Å². The summed E-state index contributed by atoms with van der Waals surface area (Å²) >= 11 is 7.43. The average Bonchev–Trinajstić information content (AvgIpc) is 2.81. The van der Waals surface area contributed by atoms with Crippen molar-refractivity contribution in [3.63, 3.8) is 0 Å². The molecule has 6 heteroatoms. The zero-order chi connectivity index (χ0) is 12.8. The van der Waals surface area contributed by atoms with Crippen LogP contribution < -0.4 is 5.32 Å². The molecule has 0 saturated heterocycles. The molecule has 0 aliphatic carbocycles. The van der Waals surface area contributed by atoms with Crippen LogP contribution >= 0.6 is 22.9 Å². The van der Waals surface area contributed by atoms with Gasteiger partial charge >= 0.3 is 0 Å². The predicted octanol–water partition coefficient (Wildman–Crippen LogP) is 3.57. The number of thiophene rings is 1. The van der Waals surface area contributed by atoms with Crippen LogP contribution in [-0.2, 0) is 4.74 Å². The number of hydrogen-bond acceptors (Lipinski definition) is 5. The van der Waals surface area contributed by atoms with Crippen LogP contribution in [0.2, 0.25) is 5.28 Å². The number of anilines is 1. The number of nitrogens with zero attached hydrogens (tertiary/aromatic N) is 2. The van der Waals surface area contributed by atoms with Crippen LogP contribution in [0.15, 0.2) is 11.4 Å². The maximum Gasteiger partial charge on any atom is 0.225 e. The lowest BCUT2D eigenvalue weighted by atomic mass is 10.4. The van der Waals surface area contributed by atoms with E-state index in [0.717, 1.165) is 42.0 Å². The molecule has 2 aromatic rings. The third-order valence-corrected chi connectivity index (χ3v) is 3.45. The van der Waals surface area contributed by atoms with E-state index < -0.39 is 0 Å². The van der Waals surface area contributed by atoms with E-state index in [4.69, 9.17) is 16.3 Å². The summed E-state index contributed by atoms with van der Waals surface area (Å²) in [5.41, 5.74) is 0. The number of hydrogen-bond donors (Lipinski definition) is 1. The van der Waals surface area contributed by atoms with E-state index in [2.05, 4.69) is 22.2 Å². The Balaban J connectivity index is 1.89. The lowest BCUT2D eigenvalue weighted by molar-refractivity contribution is 0.141. The smallest absolute Gasteiger partial charge is 0.225 e. The molecule has 0 spiro atoms. The summed E-state index contributed by atoms with van der Waals surface area (Å²) in [6, 6.07) is 2.00. The second-order valence-electron chi connectivity index (χ2n) is 3.87. The number of fused-ring (bicyclic) bond motifs is 1. The molecule has 98 valence electrons. The summed E-state index contributed by atoms with van der Waals surface area (Å²) in [4.78, 5) is 9.28. The molecule has 2 aromatic heterocycles. The molecule has 18 heavy (non-hydrogen) atoms. The molecule has 2 rings (SSSR count). The molecule has 0 amide bonds. The fourth-order valence-electron chi connectivity index (χ4n) is 1.55. The van der Waals surface area contributed by atoms with Crippen molar-refractivity contribution in [1.29, 1.82) is 0 Å². The molecular formula is C12H16ClN3OS. The zero-order valence-corrected chi connectivity index (χ0v) is 11.9. The Labute approximate surface area is 115 Å². The van der Waals surface area contributed by atoms with Crippen LogP contribution in [0, 0.1) is 0 Å². The van der Waals surface area contributed by atoms with Crippen LogP contribution in [0.25, 0.3) is 10.2 Å². The van der Waals surface area contributed by atoms with E-state index in [-0.39, 0.29) is 5.28 Å². The maximum atomic E-state index is 5.88. The molecule has 0 saturated carbocycles. The first-order valence-corrected chi connectivity index (χ1v) is 7.29. The van der Waals surface area contributed by atoms with Gasteiger partial charge in [-0.2, -0.15) is 0 Å². The molecule has 1 N–H and O–H groups in total. The number of ether oxygens (including phenoxy) is 1. The van der Waals surface area contributed by atoms with Crippen molar-refractivity contribution in [2.24, 2.45) is 0 Å². The molecule has 0 atom stereocenters. The number of rotatable bonds is 7. The molecule has 2 heterocycles. The summed E-state index contributed by atoms with van der Waals surface area (Å²) in [5.74, 6) is 0.783. The predicted molar refractivity (Wildman–Crippen MR) is 76.6 cm³/mol. The van der Waals surface area contributed by atoms with Gasteiger partial charge in [0, 0.05) is 13.2 Å². The average molecular weight is 286 g/mol. The largest absolute Gasteiger partial charge is 0.380 e. The molecule has 0 aromatic carbocycles. The minimum atomic E-state index is 0.277. The van der Waals surface area contributed by atoms with Gasteiger partial charge in [-0.05, 0) is 29.5 Å². The van der Waals surface area contributed by atoms with Crippen molar-refractivity contribution in [1.82, 2.24) is 9.97 Å². The van der Waals surface area contributed by atoms with Gasteiger partial charge in [0.2, 0.25) is 5.28 Å². The fourth-order valence-corrected chi connectivity index (χ4v) is 2.54. The van der Waals surface area contributed by atoms with Crippen molar-refractivity contribution in [2.75, 3.05) is 25.1 Å². The van der Waals surface area contributed by atoms with E-state index >= 15 is 0 Å². The van der Waals surface area contributed by atoms with Crippen LogP contribution in [0.5, 0.6) is 0 Å². The quantitative estimate of drug-likeness (QED) is 0.624. The highest BCUT2D eigenvalue weighted by Gasteiger charge is 2.06. The number of halogens is 1. The van der Waals surface area contributed by atoms with Crippen molar-refractivity contribution in [3.8, 4) is 0 Å². The minimum absolute atomic E-state index is 0.277. The topological polar surface area (TPSA) is 47.0 Å². The Morgan fingerprint density at radius 2 is 2.28 bits per heavy atom. The summed E-state index contributed by atoms with van der Waals surface area (Å²) in [6.07, 6.45) is 2.26. The first-order valence-electron chi connectivity index (χ1n) is 6.03. The van der Waals surface area contributed by atoms with Crippen LogP contribution in [0.1, 0.15) is 19.8 Å². The zero-order valence-electron chi connectivity index (χ0n) is 10.3. The SMILES string of the molecule is CCCCOCCNc1nc(Cl)nc2sccc12. The van der Waals surface area contributed by atoms with Crippen LogP contribution in [0.3, 0.4) is 0 Å². The van der Waals surface area contributed by atoms with E-state index in [1.54, 1.807) is 11.3 Å². The molecule has 0 aliphatic rings.